The molecule has 0 spiro atoms. The van der Waals surface area contributed by atoms with Crippen molar-refractivity contribution in [3.05, 3.63) is 74.0 Å². The number of hydrogen-bond acceptors (Lipinski definition) is 3. The highest BCUT2D eigenvalue weighted by Gasteiger charge is 2.08. The average molecular weight is 347 g/mol. The molecule has 2 rings (SSSR count). The van der Waals surface area contributed by atoms with E-state index in [1.165, 1.54) is 36.4 Å². The molecule has 0 N–H and O–H groups in total. The second-order valence-corrected chi connectivity index (χ2v) is 5.06. The Kier molecular flexibility index (Phi) is 4.45. The molecule has 0 saturated carbocycles. The van der Waals surface area contributed by atoms with Gasteiger partial charge in [0.05, 0.1) is 16.6 Å². The Balaban J connectivity index is 2.44. The molecule has 21 heavy (non-hydrogen) atoms. The van der Waals surface area contributed by atoms with Gasteiger partial charge in [0.1, 0.15) is 5.82 Å². The van der Waals surface area contributed by atoms with Crippen molar-refractivity contribution >= 4 is 33.3 Å². The van der Waals surface area contributed by atoms with E-state index in [9.17, 15) is 19.8 Å². The van der Waals surface area contributed by atoms with Gasteiger partial charge in [-0.15, -0.1) is 0 Å². The first-order chi connectivity index (χ1) is 10.0. The van der Waals surface area contributed by atoms with E-state index in [2.05, 4.69) is 15.9 Å². The summed E-state index contributed by atoms with van der Waals surface area (Å²) >= 11 is 3.24. The Labute approximate surface area is 128 Å². The molecule has 0 radical (unpaired) electrons. The third-order valence-corrected chi connectivity index (χ3v) is 3.26. The third kappa shape index (κ3) is 3.52. The van der Waals surface area contributed by atoms with Gasteiger partial charge in [-0.3, -0.25) is 10.1 Å². The molecular weight excluding hydrogens is 339 g/mol. The number of nitro benzene ring substituents is 1. The van der Waals surface area contributed by atoms with E-state index in [1.807, 2.05) is 6.07 Å². The van der Waals surface area contributed by atoms with Crippen LogP contribution in [0.5, 0.6) is 0 Å². The largest absolute Gasteiger partial charge is 0.269 e. The maximum absolute atomic E-state index is 13.7. The van der Waals surface area contributed by atoms with Crippen LogP contribution in [-0.4, -0.2) is 4.92 Å². The van der Waals surface area contributed by atoms with Crippen LogP contribution in [0.1, 0.15) is 11.1 Å². The summed E-state index contributed by atoms with van der Waals surface area (Å²) < 4.78 is 14.4. The van der Waals surface area contributed by atoms with Crippen molar-refractivity contribution in [3.63, 3.8) is 0 Å². The standard InChI is InChI=1S/C15H8BrFN2O2/c16-13-3-6-15(17)11(8-13)7-12(9-18)10-1-4-14(5-2-10)19(20)21/h1-8H/b12-7-. The second-order valence-electron chi connectivity index (χ2n) is 4.14. The summed E-state index contributed by atoms with van der Waals surface area (Å²) in [6.45, 7) is 0. The van der Waals surface area contributed by atoms with Gasteiger partial charge >= 0.3 is 0 Å². The smallest absolute Gasteiger partial charge is 0.258 e. The molecule has 6 heteroatoms. The molecule has 0 bridgehead atoms. The second kappa shape index (κ2) is 6.29. The SMILES string of the molecule is N#C/C(=C/c1cc(Br)ccc1F)c1ccc([N+](=O)[O-])cc1. The first kappa shape index (κ1) is 14.9. The molecule has 0 aliphatic rings. The van der Waals surface area contributed by atoms with Gasteiger partial charge in [0.15, 0.2) is 0 Å². The van der Waals surface area contributed by atoms with Crippen LogP contribution < -0.4 is 0 Å². The number of benzene rings is 2. The fourth-order valence-electron chi connectivity index (χ4n) is 1.72. The van der Waals surface area contributed by atoms with Crippen LogP contribution in [0.3, 0.4) is 0 Å². The lowest BCUT2D eigenvalue weighted by atomic mass is 10.0. The Morgan fingerprint density at radius 3 is 2.52 bits per heavy atom. The molecule has 0 saturated heterocycles. The summed E-state index contributed by atoms with van der Waals surface area (Å²) in [4.78, 5) is 10.1. The number of nitriles is 1. The molecule has 0 amide bonds. The van der Waals surface area contributed by atoms with E-state index < -0.39 is 10.7 Å². The lowest BCUT2D eigenvalue weighted by molar-refractivity contribution is -0.384. The molecule has 2 aromatic carbocycles. The maximum atomic E-state index is 13.7. The molecule has 0 unspecified atom stereocenters. The minimum atomic E-state index is -0.520. The number of nitrogens with zero attached hydrogens (tertiary/aromatic N) is 2. The maximum Gasteiger partial charge on any atom is 0.269 e. The number of halogens is 2. The lowest BCUT2D eigenvalue weighted by Gasteiger charge is -2.02. The molecule has 0 aliphatic heterocycles. The molecule has 0 fully saturated rings. The van der Waals surface area contributed by atoms with Gasteiger partial charge in [0, 0.05) is 22.2 Å². The van der Waals surface area contributed by atoms with E-state index >= 15 is 0 Å². The van der Waals surface area contributed by atoms with E-state index in [1.54, 1.807) is 12.1 Å². The average Bonchev–Trinajstić information content (AvgIpc) is 2.48. The number of non-ortho nitro benzene ring substituents is 1. The van der Waals surface area contributed by atoms with Crippen molar-refractivity contribution < 1.29 is 9.31 Å². The van der Waals surface area contributed by atoms with E-state index in [-0.39, 0.29) is 16.8 Å². The first-order valence-corrected chi connectivity index (χ1v) is 6.62. The van der Waals surface area contributed by atoms with Gasteiger partial charge in [-0.05, 0) is 42.0 Å². The Morgan fingerprint density at radius 1 is 1.29 bits per heavy atom. The highest BCUT2D eigenvalue weighted by atomic mass is 79.9. The van der Waals surface area contributed by atoms with Crippen LogP contribution in [0.15, 0.2) is 46.9 Å². The molecule has 104 valence electrons. The van der Waals surface area contributed by atoms with E-state index in [4.69, 9.17) is 0 Å². The van der Waals surface area contributed by atoms with Gasteiger partial charge in [0.25, 0.3) is 5.69 Å². The van der Waals surface area contributed by atoms with Crippen molar-refractivity contribution in [1.29, 1.82) is 5.26 Å². The van der Waals surface area contributed by atoms with Crippen molar-refractivity contribution in [2.24, 2.45) is 0 Å². The molecule has 0 atom stereocenters. The van der Waals surface area contributed by atoms with Crippen molar-refractivity contribution in [2.45, 2.75) is 0 Å². The summed E-state index contributed by atoms with van der Waals surface area (Å²) in [6, 6.07) is 11.9. The Bertz CT molecular complexity index is 764. The zero-order chi connectivity index (χ0) is 15.4. The number of hydrogen-bond donors (Lipinski definition) is 0. The number of nitro groups is 1. The van der Waals surface area contributed by atoms with Crippen molar-refractivity contribution in [2.75, 3.05) is 0 Å². The van der Waals surface area contributed by atoms with Gasteiger partial charge in [-0.1, -0.05) is 15.9 Å². The van der Waals surface area contributed by atoms with Gasteiger partial charge in [-0.2, -0.15) is 5.26 Å². The summed E-state index contributed by atoms with van der Waals surface area (Å²) in [7, 11) is 0. The van der Waals surface area contributed by atoms with Crippen LogP contribution in [0.4, 0.5) is 10.1 Å². The number of allylic oxidation sites excluding steroid dienone is 1. The summed E-state index contributed by atoms with van der Waals surface area (Å²) in [5.41, 5.74) is 0.910. The fraction of sp³-hybridized carbons (Fsp3) is 0. The molecule has 0 heterocycles. The third-order valence-electron chi connectivity index (χ3n) is 2.77. The van der Waals surface area contributed by atoms with Crippen LogP contribution in [-0.2, 0) is 0 Å². The van der Waals surface area contributed by atoms with Gasteiger partial charge < -0.3 is 0 Å². The summed E-state index contributed by atoms with van der Waals surface area (Å²) in [5, 5.41) is 19.8. The first-order valence-electron chi connectivity index (χ1n) is 5.83. The Hall–Kier alpha value is -2.52. The number of rotatable bonds is 3. The fourth-order valence-corrected chi connectivity index (χ4v) is 2.10. The van der Waals surface area contributed by atoms with Crippen LogP contribution in [0.25, 0.3) is 11.6 Å². The van der Waals surface area contributed by atoms with Crippen LogP contribution in [0.2, 0.25) is 0 Å². The molecule has 0 aromatic heterocycles. The monoisotopic (exact) mass is 346 g/mol. The molecule has 2 aromatic rings. The predicted molar refractivity (Wildman–Crippen MR) is 80.7 cm³/mol. The molecule has 0 aliphatic carbocycles. The van der Waals surface area contributed by atoms with E-state index in [0.29, 0.717) is 10.0 Å². The van der Waals surface area contributed by atoms with Crippen molar-refractivity contribution in [3.8, 4) is 6.07 Å². The zero-order valence-electron chi connectivity index (χ0n) is 10.6. The van der Waals surface area contributed by atoms with E-state index in [0.717, 1.165) is 0 Å². The predicted octanol–water partition coefficient (Wildman–Crippen LogP) is 4.56. The summed E-state index contributed by atoms with van der Waals surface area (Å²) in [5.74, 6) is -0.451. The molecular formula is C15H8BrFN2O2. The minimum Gasteiger partial charge on any atom is -0.258 e. The topological polar surface area (TPSA) is 66.9 Å². The van der Waals surface area contributed by atoms with Crippen LogP contribution in [0, 0.1) is 27.3 Å². The van der Waals surface area contributed by atoms with Crippen LogP contribution >= 0.6 is 15.9 Å². The lowest BCUT2D eigenvalue weighted by Crippen LogP contribution is -1.89. The highest BCUT2D eigenvalue weighted by Crippen LogP contribution is 2.23. The highest BCUT2D eigenvalue weighted by molar-refractivity contribution is 9.10. The van der Waals surface area contributed by atoms with Gasteiger partial charge in [0.2, 0.25) is 0 Å². The zero-order valence-corrected chi connectivity index (χ0v) is 12.2. The van der Waals surface area contributed by atoms with Gasteiger partial charge in [-0.25, -0.2) is 4.39 Å². The summed E-state index contributed by atoms with van der Waals surface area (Å²) in [6.07, 6.45) is 1.40. The normalized spacial score (nSPS) is 11.0. The molecule has 4 nitrogen and oxygen atoms in total. The van der Waals surface area contributed by atoms with Crippen molar-refractivity contribution in [1.82, 2.24) is 0 Å². The quantitative estimate of drug-likeness (QED) is 0.354. The minimum absolute atomic E-state index is 0.0651. The Morgan fingerprint density at radius 2 is 1.95 bits per heavy atom.